The van der Waals surface area contributed by atoms with Crippen molar-refractivity contribution >= 4 is 21.6 Å². The molecule has 1 aromatic carbocycles. The molecule has 0 bridgehead atoms. The van der Waals surface area contributed by atoms with Crippen LogP contribution in [-0.4, -0.2) is 45.6 Å². The van der Waals surface area contributed by atoms with Crippen LogP contribution in [0.15, 0.2) is 45.7 Å². The van der Waals surface area contributed by atoms with Gasteiger partial charge in [0.05, 0.1) is 11.9 Å². The van der Waals surface area contributed by atoms with Gasteiger partial charge in [0.1, 0.15) is 17.3 Å². The molecule has 0 saturated carbocycles. The lowest BCUT2D eigenvalue weighted by atomic mass is 9.93. The van der Waals surface area contributed by atoms with E-state index in [2.05, 4.69) is 10.0 Å². The van der Waals surface area contributed by atoms with Crippen LogP contribution in [0.1, 0.15) is 29.2 Å². The standard InChI is InChI=1S/C19H23N3O5S/c1-26-12-14-6-7-16(27-14)19(23)22-10-8-13(9-11-22)18-20-15-4-2-3-5-17(15)28(24,25)21-18/h2-7,13,18,20-21H,8-12H2,1H3. The van der Waals surface area contributed by atoms with Crippen molar-refractivity contribution in [2.75, 3.05) is 25.5 Å². The molecular weight excluding hydrogens is 382 g/mol. The van der Waals surface area contributed by atoms with Crippen LogP contribution in [-0.2, 0) is 21.4 Å². The Morgan fingerprint density at radius 3 is 2.71 bits per heavy atom. The Bertz CT molecular complexity index is 963. The zero-order valence-electron chi connectivity index (χ0n) is 15.6. The van der Waals surface area contributed by atoms with Crippen molar-refractivity contribution in [2.24, 2.45) is 5.92 Å². The first kappa shape index (κ1) is 19.0. The van der Waals surface area contributed by atoms with Gasteiger partial charge in [0, 0.05) is 20.2 Å². The van der Waals surface area contributed by atoms with E-state index in [-0.39, 0.29) is 22.9 Å². The number of carbonyl (C=O) groups is 1. The number of piperidine rings is 1. The van der Waals surface area contributed by atoms with Gasteiger partial charge in [-0.3, -0.25) is 4.79 Å². The van der Waals surface area contributed by atoms with Crippen LogP contribution < -0.4 is 10.0 Å². The summed E-state index contributed by atoms with van der Waals surface area (Å²) < 4.78 is 38.3. The quantitative estimate of drug-likeness (QED) is 0.807. The van der Waals surface area contributed by atoms with Gasteiger partial charge in [-0.05, 0) is 43.0 Å². The molecule has 0 aliphatic carbocycles. The third-order valence-corrected chi connectivity index (χ3v) is 6.73. The highest BCUT2D eigenvalue weighted by atomic mass is 32.2. The van der Waals surface area contributed by atoms with Crippen molar-refractivity contribution in [3.8, 4) is 0 Å². The Kier molecular flexibility index (Phi) is 5.13. The van der Waals surface area contributed by atoms with Gasteiger partial charge in [-0.25, -0.2) is 8.42 Å². The van der Waals surface area contributed by atoms with E-state index in [1.165, 1.54) is 0 Å². The van der Waals surface area contributed by atoms with Crippen molar-refractivity contribution in [3.63, 3.8) is 0 Å². The van der Waals surface area contributed by atoms with Gasteiger partial charge in [-0.2, -0.15) is 4.72 Å². The molecule has 28 heavy (non-hydrogen) atoms. The molecule has 1 fully saturated rings. The van der Waals surface area contributed by atoms with Gasteiger partial charge < -0.3 is 19.4 Å². The fraction of sp³-hybridized carbons (Fsp3) is 0.421. The highest BCUT2D eigenvalue weighted by Crippen LogP contribution is 2.31. The Labute approximate surface area is 163 Å². The van der Waals surface area contributed by atoms with Crippen LogP contribution in [0.2, 0.25) is 0 Å². The second-order valence-electron chi connectivity index (χ2n) is 7.07. The van der Waals surface area contributed by atoms with E-state index in [0.29, 0.717) is 49.7 Å². The number of amides is 1. The van der Waals surface area contributed by atoms with Gasteiger partial charge in [-0.1, -0.05) is 12.1 Å². The maximum absolute atomic E-state index is 12.6. The molecular formula is C19H23N3O5S. The number of hydrogen-bond acceptors (Lipinski definition) is 6. The largest absolute Gasteiger partial charge is 0.453 e. The fourth-order valence-corrected chi connectivity index (χ4v) is 5.15. The molecule has 1 unspecified atom stereocenters. The Balaban J connectivity index is 1.40. The summed E-state index contributed by atoms with van der Waals surface area (Å²) in [5.41, 5.74) is 0.617. The zero-order valence-corrected chi connectivity index (χ0v) is 16.4. The fourth-order valence-electron chi connectivity index (χ4n) is 3.77. The number of carbonyl (C=O) groups excluding carboxylic acids is 1. The number of hydrogen-bond donors (Lipinski definition) is 2. The molecule has 2 aliphatic rings. The van der Waals surface area contributed by atoms with E-state index < -0.39 is 10.0 Å². The summed E-state index contributed by atoms with van der Waals surface area (Å²) in [6, 6.07) is 10.3. The third kappa shape index (κ3) is 3.65. The summed E-state index contributed by atoms with van der Waals surface area (Å²) >= 11 is 0. The molecule has 1 saturated heterocycles. The van der Waals surface area contributed by atoms with Gasteiger partial charge in [0.2, 0.25) is 10.0 Å². The number of para-hydroxylation sites is 1. The zero-order chi connectivity index (χ0) is 19.7. The molecule has 0 spiro atoms. The Morgan fingerprint density at radius 2 is 1.96 bits per heavy atom. The molecule has 8 nitrogen and oxygen atoms in total. The van der Waals surface area contributed by atoms with Crippen LogP contribution in [0.5, 0.6) is 0 Å². The Morgan fingerprint density at radius 1 is 1.21 bits per heavy atom. The monoisotopic (exact) mass is 405 g/mol. The number of likely N-dealkylation sites (tertiary alicyclic amines) is 1. The first-order valence-corrected chi connectivity index (χ1v) is 10.7. The van der Waals surface area contributed by atoms with Crippen LogP contribution in [0, 0.1) is 5.92 Å². The molecule has 0 radical (unpaired) electrons. The van der Waals surface area contributed by atoms with Gasteiger partial charge >= 0.3 is 0 Å². The minimum absolute atomic E-state index is 0.0906. The number of furan rings is 1. The van der Waals surface area contributed by atoms with Crippen molar-refractivity contribution in [3.05, 3.63) is 47.9 Å². The molecule has 9 heteroatoms. The van der Waals surface area contributed by atoms with Crippen molar-refractivity contribution in [1.82, 2.24) is 9.62 Å². The number of methoxy groups -OCH3 is 1. The summed E-state index contributed by atoms with van der Waals surface area (Å²) in [7, 11) is -1.97. The second kappa shape index (κ2) is 7.57. The summed E-state index contributed by atoms with van der Waals surface area (Å²) in [6.07, 6.45) is 1.01. The van der Waals surface area contributed by atoms with E-state index in [9.17, 15) is 13.2 Å². The lowest BCUT2D eigenvalue weighted by molar-refractivity contribution is 0.0640. The molecule has 4 rings (SSSR count). The summed E-state index contributed by atoms with van der Waals surface area (Å²) in [6.45, 7) is 1.42. The first-order chi connectivity index (χ1) is 13.5. The summed E-state index contributed by atoms with van der Waals surface area (Å²) in [4.78, 5) is 14.6. The van der Waals surface area contributed by atoms with E-state index in [1.54, 1.807) is 42.3 Å². The van der Waals surface area contributed by atoms with Crippen LogP contribution in [0.25, 0.3) is 0 Å². The molecule has 2 aliphatic heterocycles. The van der Waals surface area contributed by atoms with Crippen molar-refractivity contribution in [2.45, 2.75) is 30.5 Å². The number of sulfonamides is 1. The number of rotatable bonds is 4. The van der Waals surface area contributed by atoms with Crippen molar-refractivity contribution in [1.29, 1.82) is 0 Å². The minimum Gasteiger partial charge on any atom is -0.453 e. The Hall–Kier alpha value is -2.36. The number of nitrogens with zero attached hydrogens (tertiary/aromatic N) is 1. The van der Waals surface area contributed by atoms with Crippen LogP contribution in [0.4, 0.5) is 5.69 Å². The first-order valence-electron chi connectivity index (χ1n) is 9.23. The molecule has 150 valence electrons. The topological polar surface area (TPSA) is 101 Å². The average molecular weight is 405 g/mol. The van der Waals surface area contributed by atoms with E-state index in [1.807, 2.05) is 6.07 Å². The predicted molar refractivity (Wildman–Crippen MR) is 102 cm³/mol. The summed E-state index contributed by atoms with van der Waals surface area (Å²) in [5.74, 6) is 0.854. The number of benzene rings is 1. The molecule has 1 atom stereocenters. The lowest BCUT2D eigenvalue weighted by Crippen LogP contribution is -2.52. The van der Waals surface area contributed by atoms with Crippen LogP contribution in [0.3, 0.4) is 0 Å². The van der Waals surface area contributed by atoms with Gasteiger partial charge in [0.15, 0.2) is 5.76 Å². The normalized spacial score (nSPS) is 21.8. The molecule has 3 heterocycles. The average Bonchev–Trinajstić information content (AvgIpc) is 3.16. The number of anilines is 1. The van der Waals surface area contributed by atoms with Crippen molar-refractivity contribution < 1.29 is 22.4 Å². The SMILES string of the molecule is COCc1ccc(C(=O)N2CCC(C3Nc4ccccc4S(=O)(=O)N3)CC2)o1. The number of nitrogens with one attached hydrogen (secondary N) is 2. The summed E-state index contributed by atoms with van der Waals surface area (Å²) in [5, 5.41) is 3.29. The van der Waals surface area contributed by atoms with Gasteiger partial charge in [-0.15, -0.1) is 0 Å². The number of ether oxygens (including phenoxy) is 1. The predicted octanol–water partition coefficient (Wildman–Crippen LogP) is 2.01. The van der Waals surface area contributed by atoms with Crippen LogP contribution >= 0.6 is 0 Å². The molecule has 2 N–H and O–H groups in total. The maximum atomic E-state index is 12.6. The van der Waals surface area contributed by atoms with Gasteiger partial charge in [0.25, 0.3) is 5.91 Å². The molecule has 2 aromatic rings. The molecule has 1 amide bonds. The minimum atomic E-state index is -3.54. The lowest BCUT2D eigenvalue weighted by Gasteiger charge is -2.38. The highest BCUT2D eigenvalue weighted by Gasteiger charge is 2.36. The maximum Gasteiger partial charge on any atom is 0.289 e. The van der Waals surface area contributed by atoms with E-state index >= 15 is 0 Å². The third-order valence-electron chi connectivity index (χ3n) is 5.23. The van der Waals surface area contributed by atoms with E-state index in [4.69, 9.17) is 9.15 Å². The van der Waals surface area contributed by atoms with E-state index in [0.717, 1.165) is 0 Å². The molecule has 1 aromatic heterocycles. The highest BCUT2D eigenvalue weighted by molar-refractivity contribution is 7.89. The smallest absolute Gasteiger partial charge is 0.289 e. The number of fused-ring (bicyclic) bond motifs is 1. The second-order valence-corrected chi connectivity index (χ2v) is 8.75.